The number of carbonyl (C=O) groups is 1. The zero-order chi connectivity index (χ0) is 16.5. The first kappa shape index (κ1) is 15.4. The summed E-state index contributed by atoms with van der Waals surface area (Å²) in [6.07, 6.45) is 4.46. The van der Waals surface area contributed by atoms with E-state index in [1.807, 2.05) is 18.0 Å². The molecule has 2 fully saturated rings. The van der Waals surface area contributed by atoms with Gasteiger partial charge in [0.1, 0.15) is 5.82 Å². The molecule has 24 heavy (non-hydrogen) atoms. The average molecular weight is 323 g/mol. The number of para-hydroxylation sites is 1. The number of piperidine rings is 1. The average Bonchev–Trinajstić information content (AvgIpc) is 3.46. The van der Waals surface area contributed by atoms with Crippen LogP contribution < -0.4 is 4.90 Å². The molecule has 126 valence electrons. The maximum absolute atomic E-state index is 12.1. The standard InChI is InChI=1S/C20H25N3O/c1-22(20(24)17-6-7-17)14-15-10-12-23(13-11-15)19-9-8-16-4-2-3-5-18(16)21-19/h2-5,8-9,15,17H,6-7,10-14H2,1H3. The Kier molecular flexibility index (Phi) is 4.13. The minimum absolute atomic E-state index is 0.330. The predicted octanol–water partition coefficient (Wildman–Crippen LogP) is 3.32. The van der Waals surface area contributed by atoms with Crippen LogP contribution in [0, 0.1) is 11.8 Å². The second kappa shape index (κ2) is 6.42. The van der Waals surface area contributed by atoms with Crippen molar-refractivity contribution in [2.24, 2.45) is 11.8 Å². The van der Waals surface area contributed by atoms with E-state index in [0.717, 1.165) is 56.7 Å². The third kappa shape index (κ3) is 3.23. The molecule has 0 atom stereocenters. The molecule has 0 spiro atoms. The van der Waals surface area contributed by atoms with Gasteiger partial charge in [0.05, 0.1) is 5.52 Å². The van der Waals surface area contributed by atoms with Crippen LogP contribution in [0.3, 0.4) is 0 Å². The highest BCUT2D eigenvalue weighted by molar-refractivity contribution is 5.81. The van der Waals surface area contributed by atoms with Gasteiger partial charge in [0.2, 0.25) is 5.91 Å². The van der Waals surface area contributed by atoms with Crippen molar-refractivity contribution in [3.63, 3.8) is 0 Å². The van der Waals surface area contributed by atoms with E-state index >= 15 is 0 Å². The van der Waals surface area contributed by atoms with E-state index in [-0.39, 0.29) is 0 Å². The molecule has 1 saturated heterocycles. The Balaban J connectivity index is 1.35. The second-order valence-corrected chi connectivity index (χ2v) is 7.29. The van der Waals surface area contributed by atoms with E-state index in [4.69, 9.17) is 4.98 Å². The fourth-order valence-corrected chi connectivity index (χ4v) is 3.70. The molecule has 2 heterocycles. The summed E-state index contributed by atoms with van der Waals surface area (Å²) in [5.41, 5.74) is 1.06. The van der Waals surface area contributed by atoms with E-state index in [1.54, 1.807) is 0 Å². The zero-order valence-electron chi connectivity index (χ0n) is 14.3. The number of carbonyl (C=O) groups excluding carboxylic acids is 1. The lowest BCUT2D eigenvalue weighted by Gasteiger charge is -2.34. The van der Waals surface area contributed by atoms with Crippen LogP contribution in [-0.4, -0.2) is 42.5 Å². The maximum atomic E-state index is 12.1. The van der Waals surface area contributed by atoms with Gasteiger partial charge in [-0.25, -0.2) is 4.98 Å². The fraction of sp³-hybridized carbons (Fsp3) is 0.500. The Morgan fingerprint density at radius 1 is 1.12 bits per heavy atom. The summed E-state index contributed by atoms with van der Waals surface area (Å²) < 4.78 is 0. The number of rotatable bonds is 4. The smallest absolute Gasteiger partial charge is 0.225 e. The van der Waals surface area contributed by atoms with Gasteiger partial charge in [0, 0.05) is 38.0 Å². The number of hydrogen-bond acceptors (Lipinski definition) is 3. The number of benzene rings is 1. The van der Waals surface area contributed by atoms with Gasteiger partial charge in [-0.2, -0.15) is 0 Å². The summed E-state index contributed by atoms with van der Waals surface area (Å²) in [5, 5.41) is 1.19. The van der Waals surface area contributed by atoms with Crippen LogP contribution in [0.2, 0.25) is 0 Å². The summed E-state index contributed by atoms with van der Waals surface area (Å²) in [5.74, 6) is 2.38. The Hall–Kier alpha value is -2.10. The van der Waals surface area contributed by atoms with E-state index in [9.17, 15) is 4.79 Å². The van der Waals surface area contributed by atoms with Gasteiger partial charge < -0.3 is 9.80 Å². The lowest BCUT2D eigenvalue weighted by Crippen LogP contribution is -2.40. The monoisotopic (exact) mass is 323 g/mol. The number of hydrogen-bond donors (Lipinski definition) is 0. The van der Waals surface area contributed by atoms with E-state index in [1.165, 1.54) is 5.39 Å². The number of aromatic nitrogens is 1. The molecule has 0 bridgehead atoms. The van der Waals surface area contributed by atoms with Crippen molar-refractivity contribution in [1.29, 1.82) is 0 Å². The molecule has 2 aliphatic rings. The third-order valence-electron chi connectivity index (χ3n) is 5.36. The first-order valence-corrected chi connectivity index (χ1v) is 9.06. The van der Waals surface area contributed by atoms with Crippen molar-refractivity contribution < 1.29 is 4.79 Å². The highest BCUT2D eigenvalue weighted by Crippen LogP contribution is 2.31. The van der Waals surface area contributed by atoms with Gasteiger partial charge in [-0.05, 0) is 49.8 Å². The summed E-state index contributed by atoms with van der Waals surface area (Å²) in [6, 6.07) is 12.6. The molecule has 1 saturated carbocycles. The van der Waals surface area contributed by atoms with E-state index in [0.29, 0.717) is 17.7 Å². The molecule has 1 aromatic carbocycles. The molecule has 0 N–H and O–H groups in total. The Bertz CT molecular complexity index is 732. The number of nitrogens with zero attached hydrogens (tertiary/aromatic N) is 3. The second-order valence-electron chi connectivity index (χ2n) is 7.29. The molecule has 2 aromatic rings. The molecule has 4 nitrogen and oxygen atoms in total. The van der Waals surface area contributed by atoms with Gasteiger partial charge in [-0.15, -0.1) is 0 Å². The van der Waals surface area contributed by atoms with Crippen LogP contribution in [0.1, 0.15) is 25.7 Å². The molecular weight excluding hydrogens is 298 g/mol. The number of anilines is 1. The van der Waals surface area contributed by atoms with Crippen molar-refractivity contribution in [1.82, 2.24) is 9.88 Å². The van der Waals surface area contributed by atoms with E-state index in [2.05, 4.69) is 35.2 Å². The van der Waals surface area contributed by atoms with Crippen LogP contribution >= 0.6 is 0 Å². The summed E-state index contributed by atoms with van der Waals surface area (Å²) >= 11 is 0. The molecule has 1 aliphatic carbocycles. The summed E-state index contributed by atoms with van der Waals surface area (Å²) in [4.78, 5) is 21.2. The van der Waals surface area contributed by atoms with Crippen molar-refractivity contribution in [3.8, 4) is 0 Å². The summed E-state index contributed by atoms with van der Waals surface area (Å²) in [6.45, 7) is 2.97. The third-order valence-corrected chi connectivity index (χ3v) is 5.36. The van der Waals surface area contributed by atoms with Gasteiger partial charge in [0.15, 0.2) is 0 Å². The topological polar surface area (TPSA) is 36.4 Å². The van der Waals surface area contributed by atoms with Crippen molar-refractivity contribution in [3.05, 3.63) is 36.4 Å². The Labute approximate surface area is 143 Å². The molecule has 1 amide bonds. The largest absolute Gasteiger partial charge is 0.357 e. The molecule has 4 heteroatoms. The predicted molar refractivity (Wildman–Crippen MR) is 97.0 cm³/mol. The van der Waals surface area contributed by atoms with Crippen LogP contribution in [0.25, 0.3) is 10.9 Å². The molecule has 0 radical (unpaired) electrons. The van der Waals surface area contributed by atoms with Gasteiger partial charge in [0.25, 0.3) is 0 Å². The van der Waals surface area contributed by atoms with Crippen molar-refractivity contribution in [2.45, 2.75) is 25.7 Å². The minimum atomic E-state index is 0.330. The highest BCUT2D eigenvalue weighted by atomic mass is 16.2. The normalized spacial score (nSPS) is 18.8. The first-order valence-electron chi connectivity index (χ1n) is 9.06. The molecule has 0 unspecified atom stereocenters. The van der Waals surface area contributed by atoms with Crippen molar-refractivity contribution >= 4 is 22.6 Å². The van der Waals surface area contributed by atoms with Crippen LogP contribution in [-0.2, 0) is 4.79 Å². The van der Waals surface area contributed by atoms with E-state index < -0.39 is 0 Å². The van der Waals surface area contributed by atoms with Gasteiger partial charge >= 0.3 is 0 Å². The first-order chi connectivity index (χ1) is 11.7. The van der Waals surface area contributed by atoms with Gasteiger partial charge in [-0.3, -0.25) is 4.79 Å². The Morgan fingerprint density at radius 3 is 2.62 bits per heavy atom. The minimum Gasteiger partial charge on any atom is -0.357 e. The fourth-order valence-electron chi connectivity index (χ4n) is 3.70. The summed E-state index contributed by atoms with van der Waals surface area (Å²) in [7, 11) is 1.97. The van der Waals surface area contributed by atoms with Gasteiger partial charge in [-0.1, -0.05) is 18.2 Å². The lowest BCUT2D eigenvalue weighted by atomic mass is 9.96. The molecule has 1 aromatic heterocycles. The highest BCUT2D eigenvalue weighted by Gasteiger charge is 2.33. The number of amides is 1. The molecule has 1 aliphatic heterocycles. The van der Waals surface area contributed by atoms with Crippen molar-refractivity contribution in [2.75, 3.05) is 31.6 Å². The van der Waals surface area contributed by atoms with Crippen LogP contribution in [0.4, 0.5) is 5.82 Å². The van der Waals surface area contributed by atoms with Crippen LogP contribution in [0.5, 0.6) is 0 Å². The number of pyridine rings is 1. The van der Waals surface area contributed by atoms with Crippen LogP contribution in [0.15, 0.2) is 36.4 Å². The lowest BCUT2D eigenvalue weighted by molar-refractivity contribution is -0.131. The number of fused-ring (bicyclic) bond motifs is 1. The zero-order valence-corrected chi connectivity index (χ0v) is 14.3. The molecular formula is C20H25N3O. The molecule has 4 rings (SSSR count). The maximum Gasteiger partial charge on any atom is 0.225 e. The Morgan fingerprint density at radius 2 is 1.88 bits per heavy atom. The quantitative estimate of drug-likeness (QED) is 0.866. The SMILES string of the molecule is CN(CC1CCN(c2ccc3ccccc3n2)CC1)C(=O)C1CC1.